The van der Waals surface area contributed by atoms with E-state index in [9.17, 15) is 13.2 Å². The molecule has 6 heteroatoms. The van der Waals surface area contributed by atoms with Gasteiger partial charge in [-0.3, -0.25) is 4.79 Å². The van der Waals surface area contributed by atoms with Gasteiger partial charge in [0.2, 0.25) is 15.9 Å². The summed E-state index contributed by atoms with van der Waals surface area (Å²) in [4.78, 5) is 12.3. The van der Waals surface area contributed by atoms with Crippen molar-refractivity contribution in [3.8, 4) is 0 Å². The number of rotatable bonds is 8. The SMILES string of the molecule is O=C(CCc1ccccc1)NCCc1ccc(S(=O)(=O)N2CCCC2)cc1. The molecular weight excluding hydrogens is 360 g/mol. The Morgan fingerprint density at radius 2 is 1.52 bits per heavy atom. The zero-order chi connectivity index (χ0) is 19.1. The highest BCUT2D eigenvalue weighted by molar-refractivity contribution is 7.89. The molecular formula is C21H26N2O3S. The minimum Gasteiger partial charge on any atom is -0.356 e. The number of hydrogen-bond acceptors (Lipinski definition) is 3. The Balaban J connectivity index is 1.44. The van der Waals surface area contributed by atoms with Crippen LogP contribution in [0.25, 0.3) is 0 Å². The summed E-state index contributed by atoms with van der Waals surface area (Å²) in [6, 6.07) is 16.9. The number of carbonyl (C=O) groups is 1. The Morgan fingerprint density at radius 1 is 0.889 bits per heavy atom. The zero-order valence-electron chi connectivity index (χ0n) is 15.4. The number of sulfonamides is 1. The molecule has 0 aromatic heterocycles. The van der Waals surface area contributed by atoms with Crippen molar-refractivity contribution < 1.29 is 13.2 Å². The molecule has 1 saturated heterocycles. The van der Waals surface area contributed by atoms with E-state index < -0.39 is 10.0 Å². The first-order valence-corrected chi connectivity index (χ1v) is 10.9. The lowest BCUT2D eigenvalue weighted by Gasteiger charge is -2.15. The van der Waals surface area contributed by atoms with Crippen LogP contribution in [0, 0.1) is 0 Å². The fourth-order valence-electron chi connectivity index (χ4n) is 3.24. The van der Waals surface area contributed by atoms with Crippen molar-refractivity contribution >= 4 is 15.9 Å². The minimum absolute atomic E-state index is 0.0343. The summed E-state index contributed by atoms with van der Waals surface area (Å²) in [5, 5.41) is 2.93. The van der Waals surface area contributed by atoms with Gasteiger partial charge in [-0.25, -0.2) is 8.42 Å². The number of aryl methyl sites for hydroxylation is 1. The van der Waals surface area contributed by atoms with Crippen LogP contribution in [0.1, 0.15) is 30.4 Å². The Hall–Kier alpha value is -2.18. The Bertz CT molecular complexity index is 843. The van der Waals surface area contributed by atoms with Crippen LogP contribution in [-0.2, 0) is 27.7 Å². The van der Waals surface area contributed by atoms with E-state index >= 15 is 0 Å². The van der Waals surface area contributed by atoms with Gasteiger partial charge < -0.3 is 5.32 Å². The van der Waals surface area contributed by atoms with Gasteiger partial charge in [-0.2, -0.15) is 4.31 Å². The highest BCUT2D eigenvalue weighted by atomic mass is 32.2. The summed E-state index contributed by atoms with van der Waals surface area (Å²) < 4.78 is 26.6. The molecule has 0 atom stereocenters. The number of benzene rings is 2. The van der Waals surface area contributed by atoms with Crippen molar-refractivity contribution in [1.82, 2.24) is 9.62 Å². The predicted octanol–water partition coefficient (Wildman–Crippen LogP) is 2.76. The van der Waals surface area contributed by atoms with E-state index in [0.29, 0.717) is 37.4 Å². The van der Waals surface area contributed by atoms with Gasteiger partial charge in [0, 0.05) is 26.1 Å². The van der Waals surface area contributed by atoms with E-state index in [2.05, 4.69) is 5.32 Å². The third kappa shape index (κ3) is 5.40. The molecule has 0 unspecified atom stereocenters. The first-order chi connectivity index (χ1) is 13.1. The maximum Gasteiger partial charge on any atom is 0.243 e. The topological polar surface area (TPSA) is 66.5 Å². The molecule has 1 heterocycles. The van der Waals surface area contributed by atoms with E-state index in [4.69, 9.17) is 0 Å². The first kappa shape index (κ1) is 19.6. The molecule has 0 bridgehead atoms. The van der Waals surface area contributed by atoms with Gasteiger partial charge >= 0.3 is 0 Å². The molecule has 1 aliphatic rings. The van der Waals surface area contributed by atoms with Crippen LogP contribution >= 0.6 is 0 Å². The van der Waals surface area contributed by atoms with Crippen molar-refractivity contribution in [3.63, 3.8) is 0 Å². The van der Waals surface area contributed by atoms with Crippen LogP contribution in [-0.4, -0.2) is 38.3 Å². The zero-order valence-corrected chi connectivity index (χ0v) is 16.2. The Morgan fingerprint density at radius 3 is 2.19 bits per heavy atom. The van der Waals surface area contributed by atoms with Gasteiger partial charge in [0.25, 0.3) is 0 Å². The number of nitrogens with zero attached hydrogens (tertiary/aromatic N) is 1. The third-order valence-corrected chi connectivity index (χ3v) is 6.76. The van der Waals surface area contributed by atoms with Crippen molar-refractivity contribution in [2.75, 3.05) is 19.6 Å². The normalized spacial score (nSPS) is 15.0. The van der Waals surface area contributed by atoms with Crippen molar-refractivity contribution in [2.45, 2.75) is 37.0 Å². The monoisotopic (exact) mass is 386 g/mol. The van der Waals surface area contributed by atoms with Crippen LogP contribution in [0.4, 0.5) is 0 Å². The van der Waals surface area contributed by atoms with Crippen molar-refractivity contribution in [2.24, 2.45) is 0 Å². The Kier molecular flexibility index (Phi) is 6.63. The second-order valence-electron chi connectivity index (χ2n) is 6.84. The molecule has 1 amide bonds. The molecule has 2 aromatic rings. The molecule has 1 aliphatic heterocycles. The molecule has 3 rings (SSSR count). The fourth-order valence-corrected chi connectivity index (χ4v) is 4.76. The van der Waals surface area contributed by atoms with Crippen LogP contribution in [0.15, 0.2) is 59.5 Å². The van der Waals surface area contributed by atoms with Crippen LogP contribution in [0.3, 0.4) is 0 Å². The second kappa shape index (κ2) is 9.15. The average Bonchev–Trinajstić information content (AvgIpc) is 3.23. The average molecular weight is 387 g/mol. The molecule has 0 radical (unpaired) electrons. The lowest BCUT2D eigenvalue weighted by atomic mass is 10.1. The fraction of sp³-hybridized carbons (Fsp3) is 0.381. The summed E-state index contributed by atoms with van der Waals surface area (Å²) in [5.74, 6) is 0.0343. The third-order valence-electron chi connectivity index (χ3n) is 4.85. The van der Waals surface area contributed by atoms with Crippen molar-refractivity contribution in [1.29, 1.82) is 0 Å². The maximum absolute atomic E-state index is 12.5. The van der Waals surface area contributed by atoms with Crippen LogP contribution < -0.4 is 5.32 Å². The summed E-state index contributed by atoms with van der Waals surface area (Å²) in [5.41, 5.74) is 2.17. The second-order valence-corrected chi connectivity index (χ2v) is 8.78. The summed E-state index contributed by atoms with van der Waals surface area (Å²) in [7, 11) is -3.36. The van der Waals surface area contributed by atoms with Gasteiger partial charge in [-0.05, 0) is 48.9 Å². The summed E-state index contributed by atoms with van der Waals surface area (Å²) in [6.45, 7) is 1.77. The summed E-state index contributed by atoms with van der Waals surface area (Å²) >= 11 is 0. The quantitative estimate of drug-likeness (QED) is 0.759. The molecule has 27 heavy (non-hydrogen) atoms. The predicted molar refractivity (Wildman–Crippen MR) is 106 cm³/mol. The summed E-state index contributed by atoms with van der Waals surface area (Å²) in [6.07, 6.45) is 3.75. The molecule has 5 nitrogen and oxygen atoms in total. The number of carbonyl (C=O) groups excluding carboxylic acids is 1. The smallest absolute Gasteiger partial charge is 0.243 e. The van der Waals surface area contributed by atoms with E-state index in [1.807, 2.05) is 42.5 Å². The van der Waals surface area contributed by atoms with E-state index in [1.54, 1.807) is 16.4 Å². The van der Waals surface area contributed by atoms with E-state index in [1.165, 1.54) is 0 Å². The number of nitrogens with one attached hydrogen (secondary N) is 1. The van der Waals surface area contributed by atoms with Gasteiger partial charge in [0.1, 0.15) is 0 Å². The molecule has 144 valence electrons. The molecule has 0 aliphatic carbocycles. The number of hydrogen-bond donors (Lipinski definition) is 1. The number of amides is 1. The highest BCUT2D eigenvalue weighted by Crippen LogP contribution is 2.21. The minimum atomic E-state index is -3.36. The van der Waals surface area contributed by atoms with Crippen LogP contribution in [0.2, 0.25) is 0 Å². The largest absolute Gasteiger partial charge is 0.356 e. The maximum atomic E-state index is 12.5. The molecule has 1 fully saturated rings. The van der Waals surface area contributed by atoms with E-state index in [-0.39, 0.29) is 5.91 Å². The molecule has 0 spiro atoms. The van der Waals surface area contributed by atoms with E-state index in [0.717, 1.165) is 30.4 Å². The lowest BCUT2D eigenvalue weighted by Crippen LogP contribution is -2.28. The van der Waals surface area contributed by atoms with Gasteiger partial charge in [-0.15, -0.1) is 0 Å². The van der Waals surface area contributed by atoms with Gasteiger partial charge in [-0.1, -0.05) is 42.5 Å². The van der Waals surface area contributed by atoms with Gasteiger partial charge in [0.15, 0.2) is 0 Å². The van der Waals surface area contributed by atoms with Gasteiger partial charge in [0.05, 0.1) is 4.90 Å². The first-order valence-electron chi connectivity index (χ1n) is 9.45. The van der Waals surface area contributed by atoms with Crippen LogP contribution in [0.5, 0.6) is 0 Å². The van der Waals surface area contributed by atoms with Crippen molar-refractivity contribution in [3.05, 3.63) is 65.7 Å². The lowest BCUT2D eigenvalue weighted by molar-refractivity contribution is -0.121. The highest BCUT2D eigenvalue weighted by Gasteiger charge is 2.26. The molecule has 2 aromatic carbocycles. The molecule has 0 saturated carbocycles. The standard InChI is InChI=1S/C21H26N2O3S/c24-21(13-10-18-6-2-1-3-7-18)22-15-14-19-8-11-20(12-9-19)27(25,26)23-16-4-5-17-23/h1-3,6-9,11-12H,4-5,10,13-17H2,(H,22,24). The molecule has 1 N–H and O–H groups in total. The Labute approximate surface area is 161 Å².